The van der Waals surface area contributed by atoms with Gasteiger partial charge >= 0.3 is 0 Å². The molecule has 0 unspecified atom stereocenters. The van der Waals surface area contributed by atoms with Gasteiger partial charge in [0.05, 0.1) is 19.1 Å². The van der Waals surface area contributed by atoms with Crippen molar-refractivity contribution in [2.24, 2.45) is 0 Å². The van der Waals surface area contributed by atoms with Crippen LogP contribution in [0.15, 0.2) is 54.6 Å². The molecule has 7 nitrogen and oxygen atoms in total. The molecule has 1 N–H and O–H groups in total. The highest BCUT2D eigenvalue weighted by atomic mass is 32.2. The number of nitrogens with one attached hydrogen (secondary N) is 1. The van der Waals surface area contributed by atoms with Crippen LogP contribution in [0.4, 0.5) is 5.69 Å². The summed E-state index contributed by atoms with van der Waals surface area (Å²) in [7, 11) is -2.14. The number of anilines is 1. The number of carbonyl (C=O) groups excluding carboxylic acids is 1. The fourth-order valence-corrected chi connectivity index (χ4v) is 5.24. The van der Waals surface area contributed by atoms with Crippen LogP contribution in [0.2, 0.25) is 0 Å². The van der Waals surface area contributed by atoms with Gasteiger partial charge in [-0.25, -0.2) is 8.42 Å². The summed E-state index contributed by atoms with van der Waals surface area (Å²) < 4.78 is 36.9. The van der Waals surface area contributed by atoms with Gasteiger partial charge in [0.25, 0.3) is 0 Å². The second kappa shape index (κ2) is 9.70. The van der Waals surface area contributed by atoms with Crippen LogP contribution in [0, 0.1) is 0 Å². The smallest absolute Gasteiger partial charge is 0.243 e. The number of rotatable bonds is 8. The average Bonchev–Trinajstić information content (AvgIpc) is 2.78. The first-order chi connectivity index (χ1) is 14.8. The first-order valence-electron chi connectivity index (χ1n) is 10.3. The van der Waals surface area contributed by atoms with Gasteiger partial charge in [-0.05, 0) is 49.6 Å². The van der Waals surface area contributed by atoms with Gasteiger partial charge < -0.3 is 14.8 Å². The van der Waals surface area contributed by atoms with E-state index >= 15 is 0 Å². The molecule has 1 fully saturated rings. The van der Waals surface area contributed by atoms with Gasteiger partial charge in [0, 0.05) is 25.2 Å². The molecule has 0 radical (unpaired) electrons. The summed E-state index contributed by atoms with van der Waals surface area (Å²) in [6, 6.07) is 15.8. The first kappa shape index (κ1) is 23.1. The third-order valence-electron chi connectivity index (χ3n) is 5.85. The van der Waals surface area contributed by atoms with Crippen molar-refractivity contribution in [2.45, 2.75) is 31.2 Å². The molecule has 0 saturated carbocycles. The topological polar surface area (TPSA) is 84.9 Å². The maximum absolute atomic E-state index is 13.1. The van der Waals surface area contributed by atoms with Gasteiger partial charge in [-0.2, -0.15) is 0 Å². The van der Waals surface area contributed by atoms with Gasteiger partial charge in [-0.15, -0.1) is 0 Å². The number of benzene rings is 2. The molecule has 31 heavy (non-hydrogen) atoms. The molecule has 1 amide bonds. The summed E-state index contributed by atoms with van der Waals surface area (Å²) in [5, 5.41) is 3.01. The minimum atomic E-state index is -3.68. The van der Waals surface area contributed by atoms with Crippen molar-refractivity contribution in [3.63, 3.8) is 0 Å². The number of sulfonamides is 1. The molecule has 0 aliphatic carbocycles. The Morgan fingerprint density at radius 1 is 1.13 bits per heavy atom. The molecule has 1 heterocycles. The van der Waals surface area contributed by atoms with Crippen LogP contribution in [0.3, 0.4) is 0 Å². The van der Waals surface area contributed by atoms with Crippen LogP contribution < -0.4 is 14.4 Å². The Balaban J connectivity index is 1.79. The molecule has 1 aliphatic heterocycles. The highest BCUT2D eigenvalue weighted by Gasteiger charge is 2.36. The third-order valence-corrected chi connectivity index (χ3v) is 7.09. The monoisotopic (exact) mass is 446 g/mol. The summed E-state index contributed by atoms with van der Waals surface area (Å²) >= 11 is 0. The van der Waals surface area contributed by atoms with Crippen molar-refractivity contribution in [1.29, 1.82) is 0 Å². The van der Waals surface area contributed by atoms with Crippen LogP contribution in [0.1, 0.15) is 25.3 Å². The van der Waals surface area contributed by atoms with E-state index in [0.29, 0.717) is 31.2 Å². The van der Waals surface area contributed by atoms with E-state index < -0.39 is 16.1 Å². The van der Waals surface area contributed by atoms with Crippen molar-refractivity contribution in [2.75, 3.05) is 37.4 Å². The Bertz CT molecular complexity index is 971. The quantitative estimate of drug-likeness (QED) is 0.674. The maximum atomic E-state index is 13.1. The van der Waals surface area contributed by atoms with Crippen molar-refractivity contribution in [1.82, 2.24) is 5.32 Å². The summed E-state index contributed by atoms with van der Waals surface area (Å²) in [5.74, 6) is 0.265. The minimum absolute atomic E-state index is 0.231. The largest absolute Gasteiger partial charge is 0.497 e. The fourth-order valence-electron chi connectivity index (χ4n) is 4.06. The van der Waals surface area contributed by atoms with E-state index in [1.165, 1.54) is 7.11 Å². The molecular weight excluding hydrogens is 416 g/mol. The highest BCUT2D eigenvalue weighted by Crippen LogP contribution is 2.34. The number of carbonyl (C=O) groups is 1. The Kier molecular flexibility index (Phi) is 7.23. The summed E-state index contributed by atoms with van der Waals surface area (Å²) in [6.07, 6.45) is 2.69. The average molecular weight is 447 g/mol. The van der Waals surface area contributed by atoms with E-state index in [-0.39, 0.29) is 11.3 Å². The molecule has 2 aromatic carbocycles. The number of hydrogen-bond acceptors (Lipinski definition) is 5. The van der Waals surface area contributed by atoms with Crippen LogP contribution in [-0.2, 0) is 25.0 Å². The fraction of sp³-hybridized carbons (Fsp3) is 0.435. The molecule has 0 spiro atoms. The lowest BCUT2D eigenvalue weighted by Gasteiger charge is -2.38. The zero-order valence-corrected chi connectivity index (χ0v) is 19.0. The Morgan fingerprint density at radius 3 is 2.29 bits per heavy atom. The van der Waals surface area contributed by atoms with Crippen LogP contribution in [-0.4, -0.2) is 53.5 Å². The Hall–Kier alpha value is -2.58. The summed E-state index contributed by atoms with van der Waals surface area (Å²) in [5.41, 5.74) is 1.33. The van der Waals surface area contributed by atoms with E-state index in [1.54, 1.807) is 31.2 Å². The van der Waals surface area contributed by atoms with Gasteiger partial charge in [0.2, 0.25) is 15.9 Å². The van der Waals surface area contributed by atoms with Crippen molar-refractivity contribution < 1.29 is 22.7 Å². The van der Waals surface area contributed by atoms with E-state index in [1.807, 2.05) is 18.2 Å². The van der Waals surface area contributed by atoms with Gasteiger partial charge in [-0.3, -0.25) is 9.10 Å². The standard InChI is InChI=1S/C23H30N2O5S/c1-18(25(31(3,27)28)20-9-11-21(29-2)12-10-20)22(26)24-17-23(13-15-30-16-14-23)19-7-5-4-6-8-19/h4-12,18H,13-17H2,1-3H3,(H,24,26)/t18-/m1/s1. The number of ether oxygens (including phenoxy) is 2. The first-order valence-corrected chi connectivity index (χ1v) is 12.2. The van der Waals surface area contributed by atoms with E-state index in [0.717, 1.165) is 29.0 Å². The van der Waals surface area contributed by atoms with E-state index in [2.05, 4.69) is 17.4 Å². The summed E-state index contributed by atoms with van der Waals surface area (Å²) in [6.45, 7) is 3.27. The van der Waals surface area contributed by atoms with Gasteiger partial charge in [0.1, 0.15) is 11.8 Å². The summed E-state index contributed by atoms with van der Waals surface area (Å²) in [4.78, 5) is 13.1. The molecule has 8 heteroatoms. The lowest BCUT2D eigenvalue weighted by atomic mass is 9.74. The minimum Gasteiger partial charge on any atom is -0.497 e. The van der Waals surface area contributed by atoms with Crippen LogP contribution in [0.5, 0.6) is 5.75 Å². The van der Waals surface area contributed by atoms with E-state index in [4.69, 9.17) is 9.47 Å². The van der Waals surface area contributed by atoms with E-state index in [9.17, 15) is 13.2 Å². The molecule has 0 bridgehead atoms. The van der Waals surface area contributed by atoms with Gasteiger partial charge in [-0.1, -0.05) is 30.3 Å². The lowest BCUT2D eigenvalue weighted by molar-refractivity contribution is -0.122. The predicted octanol–water partition coefficient (Wildman–Crippen LogP) is 2.71. The van der Waals surface area contributed by atoms with Crippen LogP contribution >= 0.6 is 0 Å². The number of hydrogen-bond donors (Lipinski definition) is 1. The Morgan fingerprint density at radius 2 is 1.74 bits per heavy atom. The number of nitrogens with zero attached hydrogens (tertiary/aromatic N) is 1. The zero-order valence-electron chi connectivity index (χ0n) is 18.2. The Labute approximate surface area is 184 Å². The maximum Gasteiger partial charge on any atom is 0.243 e. The molecule has 1 aliphatic rings. The second-order valence-corrected chi connectivity index (χ2v) is 9.77. The number of amides is 1. The molecule has 1 saturated heterocycles. The molecule has 3 rings (SSSR count). The second-order valence-electron chi connectivity index (χ2n) is 7.91. The van der Waals surface area contributed by atoms with Crippen molar-refractivity contribution in [3.8, 4) is 5.75 Å². The molecular formula is C23H30N2O5S. The van der Waals surface area contributed by atoms with Crippen LogP contribution in [0.25, 0.3) is 0 Å². The molecule has 2 aromatic rings. The molecule has 1 atom stereocenters. The predicted molar refractivity (Wildman–Crippen MR) is 121 cm³/mol. The van der Waals surface area contributed by atoms with Crippen molar-refractivity contribution >= 4 is 21.6 Å². The highest BCUT2D eigenvalue weighted by molar-refractivity contribution is 7.92. The number of methoxy groups -OCH3 is 1. The lowest BCUT2D eigenvalue weighted by Crippen LogP contribution is -2.51. The molecule has 168 valence electrons. The normalized spacial score (nSPS) is 16.9. The molecule has 0 aromatic heterocycles. The SMILES string of the molecule is COc1ccc(N([C@H](C)C(=O)NCC2(c3ccccc3)CCOCC2)S(C)(=O)=O)cc1. The van der Waals surface area contributed by atoms with Crippen molar-refractivity contribution in [3.05, 3.63) is 60.2 Å². The third kappa shape index (κ3) is 5.37. The van der Waals surface area contributed by atoms with Gasteiger partial charge in [0.15, 0.2) is 0 Å². The zero-order chi connectivity index (χ0) is 22.5.